The molecule has 20 heavy (non-hydrogen) atoms. The van der Waals surface area contributed by atoms with Crippen molar-refractivity contribution in [2.45, 2.75) is 44.0 Å². The maximum Gasteiger partial charge on any atom is 0.573 e. The Hall–Kier alpha value is -1.56. The van der Waals surface area contributed by atoms with Crippen LogP contribution in [-0.2, 0) is 11.2 Å². The summed E-state index contributed by atoms with van der Waals surface area (Å²) in [5.74, 6) is -0.278. The summed E-state index contributed by atoms with van der Waals surface area (Å²) in [6.07, 6.45) is -1.42. The Bertz CT molecular complexity index is 478. The minimum Gasteiger partial charge on any atom is -0.406 e. The van der Waals surface area contributed by atoms with Crippen LogP contribution < -0.4 is 10.5 Å². The number of carbonyl (C=O) groups is 1. The molecule has 0 radical (unpaired) electrons. The molecule has 0 heterocycles. The molecule has 0 aliphatic heterocycles. The monoisotopic (exact) mass is 287 g/mol. The van der Waals surface area contributed by atoms with Crippen LogP contribution in [0.15, 0.2) is 24.3 Å². The number of ketones is 1. The Morgan fingerprint density at radius 3 is 2.30 bits per heavy atom. The van der Waals surface area contributed by atoms with Gasteiger partial charge in [0.2, 0.25) is 0 Å². The minimum atomic E-state index is -4.70. The number of rotatable bonds is 5. The van der Waals surface area contributed by atoms with Gasteiger partial charge in [0.1, 0.15) is 11.5 Å². The lowest BCUT2D eigenvalue weighted by Crippen LogP contribution is -2.48. The fourth-order valence-corrected chi connectivity index (χ4v) is 2.30. The van der Waals surface area contributed by atoms with Crippen molar-refractivity contribution < 1.29 is 22.7 Å². The van der Waals surface area contributed by atoms with E-state index in [0.717, 1.165) is 19.3 Å². The van der Waals surface area contributed by atoms with Crippen LogP contribution >= 0.6 is 0 Å². The highest BCUT2D eigenvalue weighted by molar-refractivity contribution is 5.82. The van der Waals surface area contributed by atoms with Crippen LogP contribution in [-0.4, -0.2) is 17.7 Å². The van der Waals surface area contributed by atoms with Crippen molar-refractivity contribution >= 4 is 5.78 Å². The summed E-state index contributed by atoms with van der Waals surface area (Å²) in [5.41, 5.74) is 6.28. The molecule has 6 heteroatoms. The van der Waals surface area contributed by atoms with E-state index in [0.29, 0.717) is 12.0 Å². The lowest BCUT2D eigenvalue weighted by Gasteiger charge is -2.37. The average Bonchev–Trinajstić information content (AvgIpc) is 2.27. The third-order valence-electron chi connectivity index (χ3n) is 3.46. The van der Waals surface area contributed by atoms with Crippen molar-refractivity contribution in [3.8, 4) is 5.75 Å². The quantitative estimate of drug-likeness (QED) is 0.905. The summed E-state index contributed by atoms with van der Waals surface area (Å²) in [6, 6.07) is 5.33. The van der Waals surface area contributed by atoms with Crippen LogP contribution in [0.1, 0.15) is 31.2 Å². The molecule has 0 atom stereocenters. The number of carbonyl (C=O) groups excluding carboxylic acids is 1. The molecule has 110 valence electrons. The summed E-state index contributed by atoms with van der Waals surface area (Å²) in [7, 11) is 0. The molecule has 0 saturated heterocycles. The maximum absolute atomic E-state index is 12.0. The first-order valence-electron chi connectivity index (χ1n) is 6.41. The molecular formula is C14H16F3NO2. The van der Waals surface area contributed by atoms with E-state index in [2.05, 4.69) is 4.74 Å². The van der Waals surface area contributed by atoms with Gasteiger partial charge >= 0.3 is 6.36 Å². The second-order valence-electron chi connectivity index (χ2n) is 5.30. The van der Waals surface area contributed by atoms with E-state index in [-0.39, 0.29) is 23.5 Å². The first kappa shape index (κ1) is 14.8. The number of hydrogen-bond acceptors (Lipinski definition) is 3. The van der Waals surface area contributed by atoms with Gasteiger partial charge in [0.15, 0.2) is 0 Å². The number of hydrogen-bond donors (Lipinski definition) is 1. The Balaban J connectivity index is 1.88. The minimum absolute atomic E-state index is 0.0108. The van der Waals surface area contributed by atoms with Crippen LogP contribution in [0.3, 0.4) is 0 Å². The Morgan fingerprint density at radius 2 is 1.85 bits per heavy atom. The zero-order valence-electron chi connectivity index (χ0n) is 10.9. The summed E-state index contributed by atoms with van der Waals surface area (Å²) in [6.45, 7) is 0. The molecule has 1 aliphatic carbocycles. The Kier molecular flexibility index (Phi) is 4.04. The van der Waals surface area contributed by atoms with Gasteiger partial charge in [-0.25, -0.2) is 0 Å². The van der Waals surface area contributed by atoms with Gasteiger partial charge in [-0.15, -0.1) is 13.2 Å². The molecule has 1 aliphatic rings. The van der Waals surface area contributed by atoms with E-state index >= 15 is 0 Å². The lowest BCUT2D eigenvalue weighted by atomic mass is 9.74. The van der Waals surface area contributed by atoms with Gasteiger partial charge < -0.3 is 10.5 Å². The standard InChI is InChI=1S/C14H16F3NO2/c15-14(16,17)20-12-4-2-10(3-5-12)8-11(19)9-13(18)6-1-7-13/h2-5H,1,6-9,18H2. The van der Waals surface area contributed by atoms with Crippen molar-refractivity contribution in [2.24, 2.45) is 5.73 Å². The summed E-state index contributed by atoms with van der Waals surface area (Å²) in [5, 5.41) is 0. The maximum atomic E-state index is 12.0. The molecular weight excluding hydrogens is 271 g/mol. The third kappa shape index (κ3) is 4.23. The number of benzene rings is 1. The van der Waals surface area contributed by atoms with Crippen LogP contribution in [0.4, 0.5) is 13.2 Å². The number of nitrogens with two attached hydrogens (primary N) is 1. The van der Waals surface area contributed by atoms with E-state index in [9.17, 15) is 18.0 Å². The predicted octanol–water partition coefficient (Wildman–Crippen LogP) is 2.97. The molecule has 2 N–H and O–H groups in total. The van der Waals surface area contributed by atoms with Gasteiger partial charge in [-0.2, -0.15) is 0 Å². The van der Waals surface area contributed by atoms with Crippen LogP contribution in [0.25, 0.3) is 0 Å². The fourth-order valence-electron chi connectivity index (χ4n) is 2.30. The molecule has 0 aromatic heterocycles. The number of halogens is 3. The molecule has 1 aromatic carbocycles. The van der Waals surface area contributed by atoms with Gasteiger partial charge in [-0.1, -0.05) is 12.1 Å². The van der Waals surface area contributed by atoms with E-state index in [1.54, 1.807) is 0 Å². The third-order valence-corrected chi connectivity index (χ3v) is 3.46. The van der Waals surface area contributed by atoms with E-state index < -0.39 is 6.36 Å². The SMILES string of the molecule is NC1(CC(=O)Cc2ccc(OC(F)(F)F)cc2)CCC1. The zero-order valence-corrected chi connectivity index (χ0v) is 10.9. The molecule has 0 amide bonds. The number of Topliss-reactive ketones (excluding diaryl/α,β-unsaturated/α-hetero) is 1. The summed E-state index contributed by atoms with van der Waals surface area (Å²) < 4.78 is 39.7. The van der Waals surface area contributed by atoms with Gasteiger partial charge in [0.25, 0.3) is 0 Å². The summed E-state index contributed by atoms with van der Waals surface area (Å²) >= 11 is 0. The number of ether oxygens (including phenoxy) is 1. The molecule has 1 saturated carbocycles. The van der Waals surface area contributed by atoms with Crippen LogP contribution in [0.2, 0.25) is 0 Å². The van der Waals surface area contributed by atoms with Crippen LogP contribution in [0, 0.1) is 0 Å². The highest BCUT2D eigenvalue weighted by atomic mass is 19.4. The molecule has 3 nitrogen and oxygen atoms in total. The highest BCUT2D eigenvalue weighted by Gasteiger charge is 2.34. The smallest absolute Gasteiger partial charge is 0.406 e. The van der Waals surface area contributed by atoms with Crippen molar-refractivity contribution in [2.75, 3.05) is 0 Å². The molecule has 2 rings (SSSR count). The van der Waals surface area contributed by atoms with E-state index in [1.807, 2.05) is 0 Å². The number of alkyl halides is 3. The van der Waals surface area contributed by atoms with Crippen LogP contribution in [0.5, 0.6) is 5.75 Å². The first-order chi connectivity index (χ1) is 9.26. The second kappa shape index (κ2) is 5.44. The lowest BCUT2D eigenvalue weighted by molar-refractivity contribution is -0.274. The van der Waals surface area contributed by atoms with Gasteiger partial charge in [0.05, 0.1) is 0 Å². The molecule has 0 spiro atoms. The van der Waals surface area contributed by atoms with Crippen molar-refractivity contribution in [3.63, 3.8) is 0 Å². The van der Waals surface area contributed by atoms with Crippen molar-refractivity contribution in [1.29, 1.82) is 0 Å². The van der Waals surface area contributed by atoms with Crippen molar-refractivity contribution in [3.05, 3.63) is 29.8 Å². The van der Waals surface area contributed by atoms with Gasteiger partial charge in [-0.05, 0) is 37.0 Å². The average molecular weight is 287 g/mol. The Labute approximate surface area is 114 Å². The first-order valence-corrected chi connectivity index (χ1v) is 6.41. The summed E-state index contributed by atoms with van der Waals surface area (Å²) in [4.78, 5) is 11.8. The predicted molar refractivity (Wildman–Crippen MR) is 67.2 cm³/mol. The van der Waals surface area contributed by atoms with Crippen molar-refractivity contribution in [1.82, 2.24) is 0 Å². The van der Waals surface area contributed by atoms with E-state index in [1.165, 1.54) is 24.3 Å². The molecule has 0 unspecified atom stereocenters. The zero-order chi connectivity index (χ0) is 14.8. The van der Waals surface area contributed by atoms with Gasteiger partial charge in [-0.3, -0.25) is 4.79 Å². The van der Waals surface area contributed by atoms with Gasteiger partial charge in [0, 0.05) is 18.4 Å². The molecule has 1 fully saturated rings. The largest absolute Gasteiger partial charge is 0.573 e. The Morgan fingerprint density at radius 1 is 1.25 bits per heavy atom. The fraction of sp³-hybridized carbons (Fsp3) is 0.500. The molecule has 0 bridgehead atoms. The van der Waals surface area contributed by atoms with E-state index in [4.69, 9.17) is 5.73 Å². The second-order valence-corrected chi connectivity index (χ2v) is 5.30. The normalized spacial score (nSPS) is 17.4. The highest BCUT2D eigenvalue weighted by Crippen LogP contribution is 2.32. The topological polar surface area (TPSA) is 52.3 Å². The molecule has 1 aromatic rings.